The van der Waals surface area contributed by atoms with Crippen LogP contribution in [0.3, 0.4) is 0 Å². The standard InChI is InChI=1S/C12H9NO3/c1-8-13-10-6-5-9(7-11(10)16-8)3-2-4-12(14)15/h5-7H,4H2,1H3,(H,14,15). The van der Waals surface area contributed by atoms with E-state index in [0.29, 0.717) is 11.5 Å². The van der Waals surface area contributed by atoms with Gasteiger partial charge in [-0.2, -0.15) is 0 Å². The van der Waals surface area contributed by atoms with Crippen LogP contribution in [0.5, 0.6) is 0 Å². The number of oxazole rings is 1. The lowest BCUT2D eigenvalue weighted by Gasteiger charge is -1.88. The number of hydrogen-bond donors (Lipinski definition) is 1. The highest BCUT2D eigenvalue weighted by Gasteiger charge is 2.01. The van der Waals surface area contributed by atoms with Gasteiger partial charge in [-0.3, -0.25) is 4.79 Å². The Hall–Kier alpha value is -2.28. The predicted octanol–water partition coefficient (Wildman–Crippen LogP) is 1.96. The summed E-state index contributed by atoms with van der Waals surface area (Å²) in [6.45, 7) is 1.77. The van der Waals surface area contributed by atoms with Gasteiger partial charge in [0.1, 0.15) is 11.9 Å². The van der Waals surface area contributed by atoms with Gasteiger partial charge < -0.3 is 9.52 Å². The second kappa shape index (κ2) is 4.07. The summed E-state index contributed by atoms with van der Waals surface area (Å²) in [5.41, 5.74) is 2.17. The molecule has 16 heavy (non-hydrogen) atoms. The number of rotatable bonds is 1. The van der Waals surface area contributed by atoms with Gasteiger partial charge in [0.25, 0.3) is 0 Å². The molecule has 4 heteroatoms. The molecule has 1 aromatic carbocycles. The van der Waals surface area contributed by atoms with Crippen molar-refractivity contribution in [3.63, 3.8) is 0 Å². The largest absolute Gasteiger partial charge is 0.481 e. The zero-order valence-corrected chi connectivity index (χ0v) is 8.65. The van der Waals surface area contributed by atoms with Crippen LogP contribution in [0.25, 0.3) is 11.1 Å². The first-order valence-corrected chi connectivity index (χ1v) is 4.73. The molecular weight excluding hydrogens is 206 g/mol. The van der Waals surface area contributed by atoms with Crippen LogP contribution in [0.2, 0.25) is 0 Å². The van der Waals surface area contributed by atoms with E-state index in [9.17, 15) is 4.79 Å². The van der Waals surface area contributed by atoms with Crippen LogP contribution in [-0.4, -0.2) is 16.1 Å². The summed E-state index contributed by atoms with van der Waals surface area (Å²) in [6, 6.07) is 5.35. The topological polar surface area (TPSA) is 63.3 Å². The predicted molar refractivity (Wildman–Crippen MR) is 57.9 cm³/mol. The fourth-order valence-electron chi connectivity index (χ4n) is 1.34. The van der Waals surface area contributed by atoms with Crippen molar-refractivity contribution >= 4 is 17.1 Å². The molecule has 0 aliphatic heterocycles. The van der Waals surface area contributed by atoms with Gasteiger partial charge in [0.2, 0.25) is 0 Å². The van der Waals surface area contributed by atoms with Crippen LogP contribution >= 0.6 is 0 Å². The Morgan fingerprint density at radius 3 is 3.12 bits per heavy atom. The summed E-state index contributed by atoms with van der Waals surface area (Å²) in [6.07, 6.45) is -0.159. The summed E-state index contributed by atoms with van der Waals surface area (Å²) in [5.74, 6) is 5.00. The first-order valence-electron chi connectivity index (χ1n) is 4.73. The quantitative estimate of drug-likeness (QED) is 0.738. The van der Waals surface area contributed by atoms with Crippen molar-refractivity contribution in [2.45, 2.75) is 13.3 Å². The summed E-state index contributed by atoms with van der Waals surface area (Å²) in [7, 11) is 0. The number of hydrogen-bond acceptors (Lipinski definition) is 3. The number of nitrogens with zero attached hydrogens (tertiary/aromatic N) is 1. The average Bonchev–Trinajstić information content (AvgIpc) is 2.56. The van der Waals surface area contributed by atoms with Crippen molar-refractivity contribution in [1.29, 1.82) is 0 Å². The minimum Gasteiger partial charge on any atom is -0.481 e. The van der Waals surface area contributed by atoms with Gasteiger partial charge in [-0.15, -0.1) is 0 Å². The zero-order chi connectivity index (χ0) is 11.5. The fraction of sp³-hybridized carbons (Fsp3) is 0.167. The number of carboxylic acids is 1. The van der Waals surface area contributed by atoms with Crippen LogP contribution in [0.1, 0.15) is 17.9 Å². The Morgan fingerprint density at radius 2 is 2.38 bits per heavy atom. The molecule has 0 fully saturated rings. The first kappa shape index (κ1) is 10.2. The lowest BCUT2D eigenvalue weighted by atomic mass is 10.2. The van der Waals surface area contributed by atoms with Gasteiger partial charge >= 0.3 is 5.97 Å². The SMILES string of the molecule is Cc1nc2ccc(C#CCC(=O)O)cc2o1. The Balaban J connectivity index is 2.30. The molecule has 1 N–H and O–H groups in total. The van der Waals surface area contributed by atoms with Crippen molar-refractivity contribution in [3.05, 3.63) is 29.7 Å². The average molecular weight is 215 g/mol. The van der Waals surface area contributed by atoms with E-state index in [0.717, 1.165) is 11.1 Å². The lowest BCUT2D eigenvalue weighted by Crippen LogP contribution is -1.90. The van der Waals surface area contributed by atoms with Gasteiger partial charge in [-0.05, 0) is 18.2 Å². The third kappa shape index (κ3) is 2.20. The summed E-state index contributed by atoms with van der Waals surface area (Å²) < 4.78 is 5.34. The highest BCUT2D eigenvalue weighted by atomic mass is 16.4. The molecule has 1 heterocycles. The maximum absolute atomic E-state index is 10.3. The number of carbonyl (C=O) groups is 1. The number of fused-ring (bicyclic) bond motifs is 1. The van der Waals surface area contributed by atoms with Crippen molar-refractivity contribution < 1.29 is 14.3 Å². The third-order valence-electron chi connectivity index (χ3n) is 1.97. The molecule has 0 saturated carbocycles. The number of aliphatic carboxylic acids is 1. The Morgan fingerprint density at radius 1 is 1.56 bits per heavy atom. The van der Waals surface area contributed by atoms with Crippen molar-refractivity contribution in [2.75, 3.05) is 0 Å². The molecule has 2 aromatic rings. The molecule has 0 spiro atoms. The second-order valence-electron chi connectivity index (χ2n) is 3.29. The summed E-state index contributed by atoms with van der Waals surface area (Å²) in [4.78, 5) is 14.4. The van der Waals surface area contributed by atoms with Crippen LogP contribution in [0.4, 0.5) is 0 Å². The molecule has 80 valence electrons. The van der Waals surface area contributed by atoms with Crippen molar-refractivity contribution in [3.8, 4) is 11.8 Å². The lowest BCUT2D eigenvalue weighted by molar-refractivity contribution is -0.135. The number of aryl methyl sites for hydroxylation is 1. The van der Waals surface area contributed by atoms with Gasteiger partial charge in [-0.1, -0.05) is 11.8 Å². The minimum atomic E-state index is -0.927. The molecule has 0 amide bonds. The molecule has 0 unspecified atom stereocenters. The van der Waals surface area contributed by atoms with Crippen LogP contribution in [0, 0.1) is 18.8 Å². The summed E-state index contributed by atoms with van der Waals surface area (Å²) in [5, 5.41) is 8.44. The van der Waals surface area contributed by atoms with E-state index in [-0.39, 0.29) is 6.42 Å². The number of benzene rings is 1. The van der Waals surface area contributed by atoms with Gasteiger partial charge in [0.05, 0.1) is 0 Å². The zero-order valence-electron chi connectivity index (χ0n) is 8.65. The van der Waals surface area contributed by atoms with Crippen LogP contribution < -0.4 is 0 Å². The van der Waals surface area contributed by atoms with E-state index < -0.39 is 5.97 Å². The van der Waals surface area contributed by atoms with Crippen molar-refractivity contribution in [1.82, 2.24) is 4.98 Å². The minimum absolute atomic E-state index is 0.159. The van der Waals surface area contributed by atoms with E-state index in [4.69, 9.17) is 9.52 Å². The molecule has 0 saturated heterocycles. The molecule has 0 aliphatic rings. The number of aromatic nitrogens is 1. The molecule has 0 aliphatic carbocycles. The van der Waals surface area contributed by atoms with Gasteiger partial charge in [0.15, 0.2) is 11.5 Å². The molecule has 0 atom stereocenters. The molecule has 4 nitrogen and oxygen atoms in total. The Bertz CT molecular complexity index is 601. The molecule has 1 aromatic heterocycles. The van der Waals surface area contributed by atoms with Crippen LogP contribution in [0.15, 0.2) is 22.6 Å². The summed E-state index contributed by atoms with van der Waals surface area (Å²) >= 11 is 0. The van der Waals surface area contributed by atoms with Gasteiger partial charge in [-0.25, -0.2) is 4.98 Å². The highest BCUT2D eigenvalue weighted by molar-refractivity contribution is 5.75. The van der Waals surface area contributed by atoms with E-state index in [1.807, 2.05) is 0 Å². The third-order valence-corrected chi connectivity index (χ3v) is 1.97. The van der Waals surface area contributed by atoms with E-state index in [2.05, 4.69) is 16.8 Å². The van der Waals surface area contributed by atoms with E-state index in [1.54, 1.807) is 25.1 Å². The van der Waals surface area contributed by atoms with Gasteiger partial charge in [0, 0.05) is 12.5 Å². The normalized spacial score (nSPS) is 9.81. The molecule has 0 radical (unpaired) electrons. The second-order valence-corrected chi connectivity index (χ2v) is 3.29. The first-order chi connectivity index (χ1) is 7.65. The molecule has 2 rings (SSSR count). The number of carboxylic acid groups (broad SMARTS) is 1. The Kier molecular flexibility index (Phi) is 2.61. The molecule has 0 bridgehead atoms. The molecular formula is C12H9NO3. The van der Waals surface area contributed by atoms with Crippen molar-refractivity contribution in [2.24, 2.45) is 0 Å². The van der Waals surface area contributed by atoms with E-state index >= 15 is 0 Å². The maximum atomic E-state index is 10.3. The van der Waals surface area contributed by atoms with E-state index in [1.165, 1.54) is 0 Å². The monoisotopic (exact) mass is 215 g/mol. The Labute approximate surface area is 91.9 Å². The van der Waals surface area contributed by atoms with Crippen LogP contribution in [-0.2, 0) is 4.79 Å². The maximum Gasteiger partial charge on any atom is 0.315 e. The smallest absolute Gasteiger partial charge is 0.315 e. The fourth-order valence-corrected chi connectivity index (χ4v) is 1.34. The highest BCUT2D eigenvalue weighted by Crippen LogP contribution is 2.16.